The van der Waals surface area contributed by atoms with E-state index >= 15 is 0 Å². The van der Waals surface area contributed by atoms with Crippen molar-refractivity contribution < 1.29 is 9.53 Å². The average Bonchev–Trinajstić information content (AvgIpc) is 2.34. The zero-order valence-electron chi connectivity index (χ0n) is 13.6. The Morgan fingerprint density at radius 1 is 1.25 bits per heavy atom. The number of carbonyl (C=O) groups excluding carboxylic acids is 1. The number of ether oxygens (including phenoxy) is 1. The molecule has 2 N–H and O–H groups in total. The van der Waals surface area contributed by atoms with Crippen molar-refractivity contribution in [3.8, 4) is 0 Å². The molecule has 0 spiro atoms. The lowest BCUT2D eigenvalue weighted by Crippen LogP contribution is -2.51. The zero-order chi connectivity index (χ0) is 15.2. The minimum Gasteiger partial charge on any atom is -0.444 e. The van der Waals surface area contributed by atoms with Crippen molar-refractivity contribution in [3.63, 3.8) is 0 Å². The third-order valence-corrected chi connectivity index (χ3v) is 3.32. The van der Waals surface area contributed by atoms with E-state index in [-0.39, 0.29) is 11.6 Å². The van der Waals surface area contributed by atoms with Gasteiger partial charge in [-0.2, -0.15) is 0 Å². The molecule has 1 amide bonds. The van der Waals surface area contributed by atoms with E-state index in [1.165, 1.54) is 12.8 Å². The van der Waals surface area contributed by atoms with Crippen molar-refractivity contribution in [2.24, 2.45) is 5.92 Å². The third-order valence-electron chi connectivity index (χ3n) is 3.32. The molecule has 20 heavy (non-hydrogen) atoms. The first kappa shape index (κ1) is 17.0. The number of rotatable bonds is 5. The lowest BCUT2D eigenvalue weighted by Gasteiger charge is -2.30. The fraction of sp³-hybridized carbons (Fsp3) is 0.812. The van der Waals surface area contributed by atoms with Gasteiger partial charge in [-0.25, -0.2) is 4.79 Å². The number of allylic oxidation sites excluding steroid dienone is 2. The molecule has 1 aliphatic carbocycles. The predicted octanol–water partition coefficient (Wildman–Crippen LogP) is 3.24. The average molecular weight is 282 g/mol. The van der Waals surface area contributed by atoms with E-state index in [1.54, 1.807) is 0 Å². The molecule has 0 aliphatic heterocycles. The van der Waals surface area contributed by atoms with Crippen molar-refractivity contribution in [2.45, 2.75) is 65.0 Å². The van der Waals surface area contributed by atoms with Crippen molar-refractivity contribution in [1.82, 2.24) is 10.6 Å². The molecule has 1 unspecified atom stereocenters. The van der Waals surface area contributed by atoms with Gasteiger partial charge in [0.1, 0.15) is 5.60 Å². The first-order valence-electron chi connectivity index (χ1n) is 7.55. The molecule has 0 radical (unpaired) electrons. The van der Waals surface area contributed by atoms with E-state index in [0.717, 1.165) is 13.0 Å². The molecule has 0 aromatic heterocycles. The van der Waals surface area contributed by atoms with Gasteiger partial charge in [-0.1, -0.05) is 12.2 Å². The highest BCUT2D eigenvalue weighted by Crippen LogP contribution is 2.18. The molecule has 1 atom stereocenters. The molecule has 0 aromatic rings. The fourth-order valence-corrected chi connectivity index (χ4v) is 2.13. The van der Waals surface area contributed by atoms with Crippen LogP contribution < -0.4 is 10.6 Å². The number of amides is 1. The van der Waals surface area contributed by atoms with E-state index in [2.05, 4.69) is 36.6 Å². The third kappa shape index (κ3) is 7.53. The van der Waals surface area contributed by atoms with E-state index in [1.807, 2.05) is 20.8 Å². The summed E-state index contributed by atoms with van der Waals surface area (Å²) in [5.74, 6) is 0.709. The van der Waals surface area contributed by atoms with Crippen LogP contribution >= 0.6 is 0 Å². The van der Waals surface area contributed by atoms with Crippen LogP contribution in [-0.4, -0.2) is 30.3 Å². The number of hydrogen-bond acceptors (Lipinski definition) is 3. The molecular weight excluding hydrogens is 252 g/mol. The van der Waals surface area contributed by atoms with Gasteiger partial charge in [-0.05, 0) is 66.3 Å². The van der Waals surface area contributed by atoms with Crippen molar-refractivity contribution in [3.05, 3.63) is 12.2 Å². The maximum Gasteiger partial charge on any atom is 0.407 e. The first-order chi connectivity index (χ1) is 9.18. The second-order valence-electron chi connectivity index (χ2n) is 7.27. The number of hydrogen-bond donors (Lipinski definition) is 2. The Balaban J connectivity index is 2.26. The lowest BCUT2D eigenvalue weighted by molar-refractivity contribution is 0.0513. The molecule has 0 saturated carbocycles. The molecule has 1 aliphatic rings. The summed E-state index contributed by atoms with van der Waals surface area (Å²) in [7, 11) is 0. The van der Waals surface area contributed by atoms with Gasteiger partial charge in [0, 0.05) is 12.1 Å². The molecule has 0 saturated heterocycles. The molecule has 0 aromatic carbocycles. The van der Waals surface area contributed by atoms with Gasteiger partial charge in [0.25, 0.3) is 0 Å². The van der Waals surface area contributed by atoms with Gasteiger partial charge in [0.15, 0.2) is 0 Å². The summed E-state index contributed by atoms with van der Waals surface area (Å²) in [6.07, 6.45) is 7.76. The molecular formula is C16H30N2O2. The number of nitrogens with one attached hydrogen (secondary N) is 2. The van der Waals surface area contributed by atoms with Crippen LogP contribution in [0.2, 0.25) is 0 Å². The molecule has 4 heteroatoms. The summed E-state index contributed by atoms with van der Waals surface area (Å²) in [6, 6.07) is 0. The van der Waals surface area contributed by atoms with Gasteiger partial charge >= 0.3 is 6.09 Å². The molecule has 0 bridgehead atoms. The van der Waals surface area contributed by atoms with Crippen LogP contribution in [0.25, 0.3) is 0 Å². The normalized spacial score (nSPS) is 19.8. The van der Waals surface area contributed by atoms with E-state index in [4.69, 9.17) is 4.74 Å². The van der Waals surface area contributed by atoms with Gasteiger partial charge in [0.05, 0.1) is 0 Å². The van der Waals surface area contributed by atoms with Gasteiger partial charge in [-0.3, -0.25) is 0 Å². The standard InChI is InChI=1S/C16H30N2O2/c1-15(2,3)20-14(19)17-12-16(4,5)18-11-13-9-7-6-8-10-13/h6-7,13,18H,8-12H2,1-5H3,(H,17,19). The van der Waals surface area contributed by atoms with Crippen molar-refractivity contribution in [2.75, 3.05) is 13.1 Å². The Hall–Kier alpha value is -1.03. The predicted molar refractivity (Wildman–Crippen MR) is 82.8 cm³/mol. The highest BCUT2D eigenvalue weighted by Gasteiger charge is 2.22. The zero-order valence-corrected chi connectivity index (χ0v) is 13.6. The lowest BCUT2D eigenvalue weighted by atomic mass is 9.93. The van der Waals surface area contributed by atoms with Gasteiger partial charge in [0.2, 0.25) is 0 Å². The smallest absolute Gasteiger partial charge is 0.407 e. The molecule has 0 fully saturated rings. The highest BCUT2D eigenvalue weighted by molar-refractivity contribution is 5.67. The topological polar surface area (TPSA) is 50.4 Å². The van der Waals surface area contributed by atoms with Crippen molar-refractivity contribution in [1.29, 1.82) is 0 Å². The molecule has 116 valence electrons. The van der Waals surface area contributed by atoms with E-state index < -0.39 is 5.60 Å². The Morgan fingerprint density at radius 3 is 2.50 bits per heavy atom. The summed E-state index contributed by atoms with van der Waals surface area (Å²) in [5.41, 5.74) is -0.575. The maximum atomic E-state index is 11.6. The summed E-state index contributed by atoms with van der Waals surface area (Å²) in [6.45, 7) is 11.4. The fourth-order valence-electron chi connectivity index (χ4n) is 2.13. The Morgan fingerprint density at radius 2 is 1.95 bits per heavy atom. The van der Waals surface area contributed by atoms with Crippen LogP contribution in [0.5, 0.6) is 0 Å². The van der Waals surface area contributed by atoms with Crippen LogP contribution in [0.3, 0.4) is 0 Å². The minimum absolute atomic E-state index is 0.127. The second kappa shape index (κ2) is 7.11. The van der Waals surface area contributed by atoms with Crippen LogP contribution in [0.4, 0.5) is 4.79 Å². The van der Waals surface area contributed by atoms with Crippen LogP contribution in [0, 0.1) is 5.92 Å². The van der Waals surface area contributed by atoms with Crippen LogP contribution in [0.1, 0.15) is 53.9 Å². The van der Waals surface area contributed by atoms with Crippen LogP contribution in [-0.2, 0) is 4.74 Å². The molecule has 1 rings (SSSR count). The van der Waals surface area contributed by atoms with Gasteiger partial charge in [-0.15, -0.1) is 0 Å². The first-order valence-corrected chi connectivity index (χ1v) is 7.55. The van der Waals surface area contributed by atoms with E-state index in [9.17, 15) is 4.79 Å². The SMILES string of the molecule is CC(C)(CNC(=O)OC(C)(C)C)NCC1CC=CCC1. The minimum atomic E-state index is -0.448. The second-order valence-corrected chi connectivity index (χ2v) is 7.27. The Bertz CT molecular complexity index is 343. The van der Waals surface area contributed by atoms with Gasteiger partial charge < -0.3 is 15.4 Å². The Labute approximate surface area is 123 Å². The number of carbonyl (C=O) groups is 1. The summed E-state index contributed by atoms with van der Waals surface area (Å²) < 4.78 is 5.24. The van der Waals surface area contributed by atoms with E-state index in [0.29, 0.717) is 12.5 Å². The quantitative estimate of drug-likeness (QED) is 0.761. The highest BCUT2D eigenvalue weighted by atomic mass is 16.6. The Kier molecular flexibility index (Phi) is 6.06. The summed E-state index contributed by atoms with van der Waals surface area (Å²) in [4.78, 5) is 11.6. The summed E-state index contributed by atoms with van der Waals surface area (Å²) in [5, 5.41) is 6.37. The largest absolute Gasteiger partial charge is 0.444 e. The van der Waals surface area contributed by atoms with Crippen molar-refractivity contribution >= 4 is 6.09 Å². The molecule has 4 nitrogen and oxygen atoms in total. The summed E-state index contributed by atoms with van der Waals surface area (Å²) >= 11 is 0. The maximum absolute atomic E-state index is 11.6. The number of alkyl carbamates (subject to hydrolysis) is 1. The van der Waals surface area contributed by atoms with Crippen LogP contribution in [0.15, 0.2) is 12.2 Å². The molecule has 0 heterocycles. The monoisotopic (exact) mass is 282 g/mol.